The van der Waals surface area contributed by atoms with E-state index < -0.39 is 24.4 Å². The number of fused-ring (bicyclic) bond motifs is 1. The molecule has 0 radical (unpaired) electrons. The summed E-state index contributed by atoms with van der Waals surface area (Å²) in [7, 11) is 1.57. The first-order valence-electron chi connectivity index (χ1n) is 11.6. The second-order valence-corrected chi connectivity index (χ2v) is 8.41. The highest BCUT2D eigenvalue weighted by molar-refractivity contribution is 5.94. The Morgan fingerprint density at radius 1 is 0.806 bits per heavy atom. The third-order valence-electron chi connectivity index (χ3n) is 6.01. The molecule has 0 spiro atoms. The summed E-state index contributed by atoms with van der Waals surface area (Å²) in [6.45, 7) is 0.448. The monoisotopic (exact) mass is 490 g/mol. The molecule has 2 saturated heterocycles. The maximum Gasteiger partial charge on any atom is 0.412 e. The van der Waals surface area contributed by atoms with E-state index in [1.807, 2.05) is 30.3 Å². The van der Waals surface area contributed by atoms with Crippen LogP contribution in [0.2, 0.25) is 0 Å². The number of hydrogen-bond acceptors (Lipinski definition) is 7. The fourth-order valence-corrected chi connectivity index (χ4v) is 4.20. The van der Waals surface area contributed by atoms with Crippen molar-refractivity contribution in [1.82, 2.24) is 5.32 Å². The largest absolute Gasteiger partial charge is 0.497 e. The molecule has 4 atom stereocenters. The van der Waals surface area contributed by atoms with Crippen LogP contribution in [0.5, 0.6) is 17.2 Å². The summed E-state index contributed by atoms with van der Waals surface area (Å²) in [6, 6.07) is 22.9. The molecular weight excluding hydrogens is 464 g/mol. The van der Waals surface area contributed by atoms with E-state index in [0.717, 1.165) is 5.75 Å². The Hall–Kier alpha value is -4.08. The lowest BCUT2D eigenvalue weighted by molar-refractivity contribution is 0.00862. The molecule has 0 unspecified atom stereocenters. The molecule has 0 aliphatic carbocycles. The van der Waals surface area contributed by atoms with Crippen molar-refractivity contribution in [1.29, 1.82) is 0 Å². The molecule has 5 rings (SSSR count). The van der Waals surface area contributed by atoms with E-state index in [1.54, 1.807) is 55.6 Å². The highest BCUT2D eigenvalue weighted by Gasteiger charge is 2.50. The summed E-state index contributed by atoms with van der Waals surface area (Å²) in [5.74, 6) is 1.81. The zero-order chi connectivity index (χ0) is 24.9. The second kappa shape index (κ2) is 10.7. The number of anilines is 1. The first-order valence-corrected chi connectivity index (χ1v) is 11.6. The first-order chi connectivity index (χ1) is 17.6. The molecule has 2 heterocycles. The summed E-state index contributed by atoms with van der Waals surface area (Å²) in [6.07, 6.45) is -2.06. The molecule has 186 valence electrons. The minimum atomic E-state index is -0.615. The molecule has 36 heavy (non-hydrogen) atoms. The molecule has 3 aromatic carbocycles. The summed E-state index contributed by atoms with van der Waals surface area (Å²) in [5.41, 5.74) is 1.07. The normalized spacial score (nSPS) is 22.4. The highest BCUT2D eigenvalue weighted by atomic mass is 16.6. The van der Waals surface area contributed by atoms with Crippen molar-refractivity contribution >= 4 is 17.7 Å². The van der Waals surface area contributed by atoms with Crippen molar-refractivity contribution in [2.45, 2.75) is 24.4 Å². The van der Waals surface area contributed by atoms with Gasteiger partial charge in [0.05, 0.1) is 26.4 Å². The number of carbonyl (C=O) groups is 2. The van der Waals surface area contributed by atoms with Gasteiger partial charge in [-0.05, 0) is 60.7 Å². The van der Waals surface area contributed by atoms with Crippen LogP contribution in [0.1, 0.15) is 10.4 Å². The Balaban J connectivity index is 1.11. The lowest BCUT2D eigenvalue weighted by Crippen LogP contribution is -2.44. The molecule has 0 aromatic heterocycles. The lowest BCUT2D eigenvalue weighted by atomic mass is 10.1. The number of carbonyl (C=O) groups excluding carboxylic acids is 2. The molecule has 0 bridgehead atoms. The molecule has 2 aliphatic rings. The average Bonchev–Trinajstić information content (AvgIpc) is 3.49. The topological polar surface area (TPSA) is 104 Å². The van der Waals surface area contributed by atoms with Gasteiger partial charge < -0.3 is 29.0 Å². The van der Waals surface area contributed by atoms with Gasteiger partial charge in [0.2, 0.25) is 0 Å². The van der Waals surface area contributed by atoms with Gasteiger partial charge in [-0.25, -0.2) is 4.79 Å². The second-order valence-electron chi connectivity index (χ2n) is 8.41. The van der Waals surface area contributed by atoms with Crippen LogP contribution in [-0.4, -0.2) is 56.7 Å². The summed E-state index contributed by atoms with van der Waals surface area (Å²) < 4.78 is 28.1. The lowest BCUT2D eigenvalue weighted by Gasteiger charge is -2.18. The van der Waals surface area contributed by atoms with Gasteiger partial charge in [-0.2, -0.15) is 0 Å². The van der Waals surface area contributed by atoms with Crippen molar-refractivity contribution in [3.05, 3.63) is 84.4 Å². The van der Waals surface area contributed by atoms with Gasteiger partial charge in [-0.3, -0.25) is 10.1 Å². The third-order valence-corrected chi connectivity index (χ3v) is 6.01. The Morgan fingerprint density at radius 2 is 1.47 bits per heavy atom. The van der Waals surface area contributed by atoms with E-state index >= 15 is 0 Å². The van der Waals surface area contributed by atoms with Crippen LogP contribution in [-0.2, 0) is 14.2 Å². The van der Waals surface area contributed by atoms with Crippen LogP contribution in [0.15, 0.2) is 78.9 Å². The molecular formula is C27H26N2O7. The molecule has 2 aliphatic heterocycles. The van der Waals surface area contributed by atoms with Crippen molar-refractivity contribution < 1.29 is 33.3 Å². The van der Waals surface area contributed by atoms with Crippen LogP contribution in [0.3, 0.4) is 0 Å². The van der Waals surface area contributed by atoms with Gasteiger partial charge in [-0.1, -0.05) is 18.2 Å². The SMILES string of the molecule is COc1ccc(C(=O)N[C@H]2CO[C@H]3[C@@H]2OC[C@H]3OC(=O)Nc2ccc(Oc3ccccc3)cc2)cc1. The van der Waals surface area contributed by atoms with Crippen molar-refractivity contribution in [3.8, 4) is 17.2 Å². The number of benzene rings is 3. The van der Waals surface area contributed by atoms with Crippen molar-refractivity contribution in [2.75, 3.05) is 25.6 Å². The van der Waals surface area contributed by atoms with E-state index in [4.69, 9.17) is 23.7 Å². The van der Waals surface area contributed by atoms with Crippen LogP contribution >= 0.6 is 0 Å². The van der Waals surface area contributed by atoms with Crippen LogP contribution < -0.4 is 20.1 Å². The predicted molar refractivity (Wildman–Crippen MR) is 131 cm³/mol. The number of rotatable bonds is 7. The number of hydrogen-bond donors (Lipinski definition) is 2. The summed E-state index contributed by atoms with van der Waals surface area (Å²) in [4.78, 5) is 25.1. The Morgan fingerprint density at radius 3 is 2.19 bits per heavy atom. The predicted octanol–water partition coefficient (Wildman–Crippen LogP) is 4.00. The third kappa shape index (κ3) is 5.42. The highest BCUT2D eigenvalue weighted by Crippen LogP contribution is 2.30. The number of methoxy groups -OCH3 is 1. The standard InChI is InChI=1S/C27H26N2O7/c1-32-19-11-7-17(8-12-19)26(30)29-22-15-33-25-23(16-34-24(22)25)36-27(31)28-18-9-13-21(14-10-18)35-20-5-3-2-4-6-20/h2-14,22-25H,15-16H2,1H3,(H,28,31)(H,29,30)/t22-,23+,24+,25+/m0/s1. The maximum absolute atomic E-state index is 12.6. The Bertz CT molecular complexity index is 1190. The van der Waals surface area contributed by atoms with E-state index in [1.165, 1.54) is 0 Å². The van der Waals surface area contributed by atoms with Crippen molar-refractivity contribution in [3.63, 3.8) is 0 Å². The minimum absolute atomic E-state index is 0.182. The molecule has 2 fully saturated rings. The van der Waals surface area contributed by atoms with Crippen LogP contribution in [0, 0.1) is 0 Å². The summed E-state index contributed by atoms with van der Waals surface area (Å²) >= 11 is 0. The molecule has 9 nitrogen and oxygen atoms in total. The number of para-hydroxylation sites is 1. The molecule has 0 saturated carbocycles. The zero-order valence-corrected chi connectivity index (χ0v) is 19.6. The molecule has 2 amide bonds. The number of amides is 2. The van der Waals surface area contributed by atoms with E-state index in [0.29, 0.717) is 22.7 Å². The van der Waals surface area contributed by atoms with Crippen molar-refractivity contribution in [2.24, 2.45) is 0 Å². The zero-order valence-electron chi connectivity index (χ0n) is 19.6. The average molecular weight is 491 g/mol. The van der Waals surface area contributed by atoms with E-state index in [9.17, 15) is 9.59 Å². The van der Waals surface area contributed by atoms with E-state index in [-0.39, 0.29) is 25.2 Å². The van der Waals surface area contributed by atoms with Gasteiger partial charge in [0.1, 0.15) is 29.5 Å². The van der Waals surface area contributed by atoms with Crippen LogP contribution in [0.4, 0.5) is 10.5 Å². The summed E-state index contributed by atoms with van der Waals surface area (Å²) in [5, 5.41) is 5.65. The van der Waals surface area contributed by atoms with E-state index in [2.05, 4.69) is 10.6 Å². The fourth-order valence-electron chi connectivity index (χ4n) is 4.20. The van der Waals surface area contributed by atoms with Gasteiger partial charge in [0.25, 0.3) is 5.91 Å². The number of ether oxygens (including phenoxy) is 5. The van der Waals surface area contributed by atoms with Crippen LogP contribution in [0.25, 0.3) is 0 Å². The Labute approximate surface area is 208 Å². The molecule has 9 heteroatoms. The first kappa shape index (κ1) is 23.7. The van der Waals surface area contributed by atoms with Gasteiger partial charge in [0, 0.05) is 11.3 Å². The molecule has 2 N–H and O–H groups in total. The van der Waals surface area contributed by atoms with Gasteiger partial charge >= 0.3 is 6.09 Å². The Kier molecular flexibility index (Phi) is 7.01. The van der Waals surface area contributed by atoms with Gasteiger partial charge in [-0.15, -0.1) is 0 Å². The minimum Gasteiger partial charge on any atom is -0.497 e. The number of nitrogens with one attached hydrogen (secondary N) is 2. The smallest absolute Gasteiger partial charge is 0.412 e. The fraction of sp³-hybridized carbons (Fsp3) is 0.259. The molecule has 3 aromatic rings. The maximum atomic E-state index is 12.6. The van der Waals surface area contributed by atoms with Gasteiger partial charge in [0.15, 0.2) is 6.10 Å². The quantitative estimate of drug-likeness (QED) is 0.516.